The molecule has 1 aliphatic rings. The minimum absolute atomic E-state index is 0.815. The van der Waals surface area contributed by atoms with E-state index in [2.05, 4.69) is 70.0 Å². The van der Waals surface area contributed by atoms with Gasteiger partial charge in [-0.3, -0.25) is 4.90 Å². The number of halogens is 1. The van der Waals surface area contributed by atoms with E-state index in [0.29, 0.717) is 0 Å². The highest BCUT2D eigenvalue weighted by Gasteiger charge is 2.19. The first-order valence-electron chi connectivity index (χ1n) is 7.55. The summed E-state index contributed by atoms with van der Waals surface area (Å²) in [7, 11) is 0. The third-order valence-electron chi connectivity index (χ3n) is 3.77. The Hall–Kier alpha value is -0.0300. The molecule has 4 heteroatoms. The molecule has 1 saturated heterocycles. The van der Waals surface area contributed by atoms with E-state index in [4.69, 9.17) is 0 Å². The topological polar surface area (TPSA) is 15.3 Å². The molecule has 20 heavy (non-hydrogen) atoms. The van der Waals surface area contributed by atoms with E-state index in [1.54, 1.807) is 0 Å². The lowest BCUT2D eigenvalue weighted by atomic mass is 10.1. The van der Waals surface area contributed by atoms with Gasteiger partial charge in [0.2, 0.25) is 0 Å². The van der Waals surface area contributed by atoms with Gasteiger partial charge < -0.3 is 5.32 Å². The monoisotopic (exact) mass is 356 g/mol. The highest BCUT2D eigenvalue weighted by atomic mass is 79.9. The van der Waals surface area contributed by atoms with Crippen molar-refractivity contribution in [3.05, 3.63) is 33.8 Å². The van der Waals surface area contributed by atoms with Gasteiger partial charge in [-0.15, -0.1) is 0 Å². The summed E-state index contributed by atoms with van der Waals surface area (Å²) in [6.07, 6.45) is 1.28. The lowest BCUT2D eigenvalue weighted by Crippen LogP contribution is -2.37. The largest absolute Gasteiger partial charge is 0.313 e. The van der Waals surface area contributed by atoms with Crippen molar-refractivity contribution in [3.8, 4) is 0 Å². The molecule has 1 aromatic rings. The third-order valence-corrected chi connectivity index (χ3v) is 5.88. The average Bonchev–Trinajstić information content (AvgIpc) is 2.48. The molecule has 0 amide bonds. The molecular formula is C16H25BrN2S. The average molecular weight is 357 g/mol. The van der Waals surface area contributed by atoms with Crippen molar-refractivity contribution in [2.75, 3.05) is 25.4 Å². The number of rotatable bonds is 6. The van der Waals surface area contributed by atoms with Crippen LogP contribution in [0.1, 0.15) is 31.4 Å². The van der Waals surface area contributed by atoms with Crippen LogP contribution in [0.4, 0.5) is 0 Å². The van der Waals surface area contributed by atoms with Crippen molar-refractivity contribution in [2.24, 2.45) is 0 Å². The summed E-state index contributed by atoms with van der Waals surface area (Å²) in [6, 6.07) is 6.78. The van der Waals surface area contributed by atoms with Crippen molar-refractivity contribution >= 4 is 27.7 Å². The maximum atomic E-state index is 3.74. The number of hydrogen-bond donors (Lipinski definition) is 1. The molecule has 1 unspecified atom stereocenters. The molecule has 0 aliphatic carbocycles. The number of nitrogens with one attached hydrogen (secondary N) is 1. The predicted octanol–water partition coefficient (Wildman–Crippen LogP) is 3.89. The second-order valence-corrected chi connectivity index (χ2v) is 7.60. The fourth-order valence-electron chi connectivity index (χ4n) is 2.51. The highest BCUT2D eigenvalue weighted by Crippen LogP contribution is 2.25. The smallest absolute Gasteiger partial charge is 0.0245 e. The fourth-order valence-corrected chi connectivity index (χ4v) is 4.31. The van der Waals surface area contributed by atoms with Crippen LogP contribution in [-0.2, 0) is 13.1 Å². The molecule has 112 valence electrons. The highest BCUT2D eigenvalue weighted by molar-refractivity contribution is 9.10. The Morgan fingerprint density at radius 1 is 1.40 bits per heavy atom. The van der Waals surface area contributed by atoms with Crippen molar-refractivity contribution in [2.45, 2.75) is 38.6 Å². The molecule has 2 nitrogen and oxygen atoms in total. The van der Waals surface area contributed by atoms with Crippen LogP contribution in [0.25, 0.3) is 0 Å². The Labute approximate surface area is 135 Å². The number of nitrogens with zero attached hydrogens (tertiary/aromatic N) is 1. The first-order valence-corrected chi connectivity index (χ1v) is 9.39. The van der Waals surface area contributed by atoms with Gasteiger partial charge in [0.1, 0.15) is 0 Å². The normalized spacial score (nSPS) is 20.2. The second-order valence-electron chi connectivity index (χ2n) is 5.34. The van der Waals surface area contributed by atoms with E-state index in [1.807, 2.05) is 0 Å². The summed E-state index contributed by atoms with van der Waals surface area (Å²) in [5.74, 6) is 1.27. The SMILES string of the molecule is CCNCc1ccc(CN2CCSC(CC)C2)c(Br)c1. The van der Waals surface area contributed by atoms with E-state index >= 15 is 0 Å². The standard InChI is InChI=1S/C16H25BrN2S/c1-3-15-12-19(7-8-20-15)11-14-6-5-13(9-16(14)17)10-18-4-2/h5-6,9,15,18H,3-4,7-8,10-12H2,1-2H3. The van der Waals surface area contributed by atoms with E-state index < -0.39 is 0 Å². The Kier molecular flexibility index (Phi) is 6.88. The van der Waals surface area contributed by atoms with Gasteiger partial charge >= 0.3 is 0 Å². The molecule has 0 radical (unpaired) electrons. The summed E-state index contributed by atoms with van der Waals surface area (Å²) < 4.78 is 1.25. The lowest BCUT2D eigenvalue weighted by Gasteiger charge is -2.32. The minimum atomic E-state index is 0.815. The number of benzene rings is 1. The molecule has 1 atom stereocenters. The summed E-state index contributed by atoms with van der Waals surface area (Å²) in [6.45, 7) is 9.92. The molecule has 1 heterocycles. The zero-order valence-corrected chi connectivity index (χ0v) is 14.9. The quantitative estimate of drug-likeness (QED) is 0.832. The Morgan fingerprint density at radius 3 is 2.95 bits per heavy atom. The van der Waals surface area contributed by atoms with E-state index in [-0.39, 0.29) is 0 Å². The first kappa shape index (κ1) is 16.3. The molecule has 1 fully saturated rings. The van der Waals surface area contributed by atoms with Crippen molar-refractivity contribution in [1.82, 2.24) is 10.2 Å². The van der Waals surface area contributed by atoms with Gasteiger partial charge in [-0.1, -0.05) is 41.9 Å². The summed E-state index contributed by atoms with van der Waals surface area (Å²) in [5.41, 5.74) is 2.76. The van der Waals surface area contributed by atoms with Gasteiger partial charge in [-0.2, -0.15) is 11.8 Å². The Bertz CT molecular complexity index is 425. The van der Waals surface area contributed by atoms with Crippen LogP contribution in [0.3, 0.4) is 0 Å². The van der Waals surface area contributed by atoms with Crippen LogP contribution in [-0.4, -0.2) is 35.5 Å². The summed E-state index contributed by atoms with van der Waals surface area (Å²) in [5, 5.41) is 4.19. The number of thioether (sulfide) groups is 1. The molecular weight excluding hydrogens is 332 g/mol. The van der Waals surface area contributed by atoms with Gasteiger partial charge in [-0.05, 0) is 30.2 Å². The molecule has 0 aromatic heterocycles. The molecule has 1 aromatic carbocycles. The molecule has 0 saturated carbocycles. The zero-order valence-electron chi connectivity index (χ0n) is 12.5. The number of hydrogen-bond acceptors (Lipinski definition) is 3. The Morgan fingerprint density at radius 2 is 2.25 bits per heavy atom. The molecule has 1 N–H and O–H groups in total. The van der Waals surface area contributed by atoms with Crippen LogP contribution >= 0.6 is 27.7 Å². The van der Waals surface area contributed by atoms with Gasteiger partial charge in [0.25, 0.3) is 0 Å². The van der Waals surface area contributed by atoms with Crippen molar-refractivity contribution in [3.63, 3.8) is 0 Å². The maximum Gasteiger partial charge on any atom is 0.0245 e. The van der Waals surface area contributed by atoms with Crippen LogP contribution in [0, 0.1) is 0 Å². The van der Waals surface area contributed by atoms with E-state index in [1.165, 1.54) is 40.9 Å². The van der Waals surface area contributed by atoms with Crippen molar-refractivity contribution in [1.29, 1.82) is 0 Å². The predicted molar refractivity (Wildman–Crippen MR) is 93.3 cm³/mol. The molecule has 0 spiro atoms. The third kappa shape index (κ3) is 4.76. The summed E-state index contributed by atoms with van der Waals surface area (Å²) >= 11 is 5.87. The first-order chi connectivity index (χ1) is 9.72. The summed E-state index contributed by atoms with van der Waals surface area (Å²) in [4.78, 5) is 2.59. The van der Waals surface area contributed by atoms with E-state index in [9.17, 15) is 0 Å². The van der Waals surface area contributed by atoms with Crippen LogP contribution < -0.4 is 5.32 Å². The van der Waals surface area contributed by atoms with Gasteiger partial charge in [-0.25, -0.2) is 0 Å². The Balaban J connectivity index is 1.95. The molecule has 0 bridgehead atoms. The van der Waals surface area contributed by atoms with Crippen molar-refractivity contribution < 1.29 is 0 Å². The lowest BCUT2D eigenvalue weighted by molar-refractivity contribution is 0.272. The second kappa shape index (κ2) is 8.42. The molecule has 1 aliphatic heterocycles. The van der Waals surface area contributed by atoms with Gasteiger partial charge in [0.15, 0.2) is 0 Å². The van der Waals surface area contributed by atoms with Gasteiger partial charge in [0, 0.05) is 41.7 Å². The van der Waals surface area contributed by atoms with Crippen LogP contribution in [0.5, 0.6) is 0 Å². The van der Waals surface area contributed by atoms with Crippen LogP contribution in [0.2, 0.25) is 0 Å². The van der Waals surface area contributed by atoms with Gasteiger partial charge in [0.05, 0.1) is 0 Å². The minimum Gasteiger partial charge on any atom is -0.313 e. The maximum absolute atomic E-state index is 3.74. The zero-order chi connectivity index (χ0) is 14.4. The van der Waals surface area contributed by atoms with Crippen LogP contribution in [0.15, 0.2) is 22.7 Å². The molecule has 2 rings (SSSR count). The fraction of sp³-hybridized carbons (Fsp3) is 0.625. The van der Waals surface area contributed by atoms with E-state index in [0.717, 1.165) is 24.9 Å².